The van der Waals surface area contributed by atoms with Gasteiger partial charge in [0.05, 0.1) is 13.2 Å². The van der Waals surface area contributed by atoms with E-state index in [-0.39, 0.29) is 77.4 Å². The van der Waals surface area contributed by atoms with Crippen LogP contribution in [0.3, 0.4) is 0 Å². The fourth-order valence-corrected chi connectivity index (χ4v) is 5.48. The molecular weight excluding hydrogens is 614 g/mol. The van der Waals surface area contributed by atoms with Gasteiger partial charge in [-0.25, -0.2) is 14.4 Å². The van der Waals surface area contributed by atoms with E-state index in [0.717, 1.165) is 22.3 Å². The number of aliphatic carboxylic acids is 2. The van der Waals surface area contributed by atoms with E-state index in [1.165, 1.54) is 0 Å². The first-order chi connectivity index (χ1) is 22.6. The predicted molar refractivity (Wildman–Crippen MR) is 168 cm³/mol. The first-order valence-electron chi connectivity index (χ1n) is 15.3. The summed E-state index contributed by atoms with van der Waals surface area (Å²) < 4.78 is 15.6. The fraction of sp³-hybridized carbons (Fsp3) is 0.455. The van der Waals surface area contributed by atoms with Crippen molar-refractivity contribution in [1.29, 1.82) is 0 Å². The molecule has 0 atom stereocenters. The van der Waals surface area contributed by atoms with Gasteiger partial charge in [0, 0.05) is 43.8 Å². The first kappa shape index (κ1) is 36.6. The first-order valence-corrected chi connectivity index (χ1v) is 15.3. The van der Waals surface area contributed by atoms with E-state index in [1.807, 2.05) is 48.5 Å². The second kappa shape index (κ2) is 19.0. The van der Waals surface area contributed by atoms with E-state index in [4.69, 9.17) is 24.4 Å². The lowest BCUT2D eigenvalue weighted by atomic mass is 9.83. The van der Waals surface area contributed by atoms with Gasteiger partial charge in [0.25, 0.3) is 0 Å². The van der Waals surface area contributed by atoms with Gasteiger partial charge in [-0.3, -0.25) is 9.59 Å². The van der Waals surface area contributed by atoms with Crippen LogP contribution in [0, 0.1) is 0 Å². The number of amides is 3. The number of alkyl carbamates (subject to hydrolysis) is 1. The molecule has 254 valence electrons. The van der Waals surface area contributed by atoms with E-state index < -0.39 is 48.6 Å². The number of ether oxygens (including phenoxy) is 3. The van der Waals surface area contributed by atoms with Gasteiger partial charge in [0.2, 0.25) is 11.8 Å². The van der Waals surface area contributed by atoms with Crippen LogP contribution in [-0.4, -0.2) is 98.0 Å². The molecule has 0 spiro atoms. The summed E-state index contributed by atoms with van der Waals surface area (Å²) in [5, 5.41) is 25.5. The zero-order valence-corrected chi connectivity index (χ0v) is 26.0. The minimum Gasteiger partial charge on any atom is -0.480 e. The summed E-state index contributed by atoms with van der Waals surface area (Å²) in [6.45, 7) is -0.840. The molecule has 3 rings (SSSR count). The summed E-state index contributed by atoms with van der Waals surface area (Å²) in [5.41, 5.74) is 3.02. The lowest BCUT2D eigenvalue weighted by Crippen LogP contribution is -2.50. The lowest BCUT2D eigenvalue weighted by molar-refractivity contribution is -0.143. The molecule has 1 aliphatic rings. The molecule has 2 aromatic rings. The standard InChI is InChI=1S/C33H41N3O11/c37-17-5-12-33(13-10-28(38)34-15-18-45-21-30(40)41,14-11-29(39)35-16-19-46-22-31(42)43)36-32(44)47-20-27-25-8-3-1-6-23(25)24-7-2-4-9-26(24)27/h1-4,6-9,17,27H,5,10-16,18-22H2,(H,34,38)(H,35,39)(H,36,44)(H,40,41)(H,42,43). The Morgan fingerprint density at radius 2 is 1.23 bits per heavy atom. The number of carbonyl (C=O) groups is 6. The number of nitrogens with one attached hydrogen (secondary N) is 3. The summed E-state index contributed by atoms with van der Waals surface area (Å²) in [6, 6.07) is 15.8. The highest BCUT2D eigenvalue weighted by atomic mass is 16.5. The van der Waals surface area contributed by atoms with E-state index in [0.29, 0.717) is 6.29 Å². The van der Waals surface area contributed by atoms with Crippen LogP contribution in [0.2, 0.25) is 0 Å². The molecule has 14 heteroatoms. The Kier molecular flexibility index (Phi) is 14.8. The number of carbonyl (C=O) groups excluding carboxylic acids is 4. The van der Waals surface area contributed by atoms with Gasteiger partial charge in [-0.05, 0) is 41.5 Å². The third-order valence-electron chi connectivity index (χ3n) is 7.70. The van der Waals surface area contributed by atoms with Crippen molar-refractivity contribution in [3.8, 4) is 11.1 Å². The maximum Gasteiger partial charge on any atom is 0.407 e. The topological polar surface area (TPSA) is 207 Å². The van der Waals surface area contributed by atoms with Crippen molar-refractivity contribution in [3.05, 3.63) is 59.7 Å². The zero-order valence-electron chi connectivity index (χ0n) is 26.0. The van der Waals surface area contributed by atoms with Crippen molar-refractivity contribution < 1.29 is 53.2 Å². The summed E-state index contributed by atoms with van der Waals surface area (Å²) >= 11 is 0. The quantitative estimate of drug-likeness (QED) is 0.0918. The summed E-state index contributed by atoms with van der Waals surface area (Å²) in [6.07, 6.45) is 0.0853. The highest BCUT2D eigenvalue weighted by Crippen LogP contribution is 2.44. The number of hydrogen-bond donors (Lipinski definition) is 5. The number of hydrogen-bond acceptors (Lipinski definition) is 9. The Hall–Kier alpha value is -4.82. The maximum absolute atomic E-state index is 13.3. The van der Waals surface area contributed by atoms with E-state index >= 15 is 0 Å². The average Bonchev–Trinajstić information content (AvgIpc) is 3.37. The molecule has 3 amide bonds. The second-order valence-corrected chi connectivity index (χ2v) is 11.0. The Bertz CT molecular complexity index is 1310. The number of rotatable bonds is 22. The molecule has 1 aliphatic carbocycles. The van der Waals surface area contributed by atoms with Crippen molar-refractivity contribution >= 4 is 36.1 Å². The monoisotopic (exact) mass is 655 g/mol. The Morgan fingerprint density at radius 1 is 0.745 bits per heavy atom. The maximum atomic E-state index is 13.3. The van der Waals surface area contributed by atoms with Gasteiger partial charge in [-0.1, -0.05) is 48.5 Å². The van der Waals surface area contributed by atoms with Crippen molar-refractivity contribution in [2.45, 2.75) is 50.0 Å². The zero-order chi connectivity index (χ0) is 34.1. The van der Waals surface area contributed by atoms with Crippen LogP contribution >= 0.6 is 0 Å². The van der Waals surface area contributed by atoms with Crippen LogP contribution in [0.4, 0.5) is 4.79 Å². The highest BCUT2D eigenvalue weighted by Gasteiger charge is 2.35. The number of aldehydes is 1. The van der Waals surface area contributed by atoms with Gasteiger partial charge in [0.1, 0.15) is 26.1 Å². The Balaban J connectivity index is 1.67. The predicted octanol–water partition coefficient (Wildman–Crippen LogP) is 2.24. The highest BCUT2D eigenvalue weighted by molar-refractivity contribution is 5.79. The third-order valence-corrected chi connectivity index (χ3v) is 7.70. The molecular formula is C33H41N3O11. The molecule has 2 aromatic carbocycles. The largest absolute Gasteiger partial charge is 0.480 e. The third kappa shape index (κ3) is 12.1. The minimum absolute atomic E-state index is 0.0112. The normalized spacial score (nSPS) is 12.0. The number of fused-ring (bicyclic) bond motifs is 3. The average molecular weight is 656 g/mol. The van der Waals surface area contributed by atoms with Crippen molar-refractivity contribution in [2.75, 3.05) is 46.1 Å². The van der Waals surface area contributed by atoms with Gasteiger partial charge in [-0.2, -0.15) is 0 Å². The van der Waals surface area contributed by atoms with Crippen molar-refractivity contribution in [2.24, 2.45) is 0 Å². The van der Waals surface area contributed by atoms with Crippen LogP contribution in [0.5, 0.6) is 0 Å². The smallest absolute Gasteiger partial charge is 0.407 e. The van der Waals surface area contributed by atoms with Crippen LogP contribution in [0.25, 0.3) is 11.1 Å². The van der Waals surface area contributed by atoms with Crippen molar-refractivity contribution in [3.63, 3.8) is 0 Å². The van der Waals surface area contributed by atoms with Gasteiger partial charge in [-0.15, -0.1) is 0 Å². The van der Waals surface area contributed by atoms with Crippen LogP contribution < -0.4 is 16.0 Å². The summed E-state index contributed by atoms with van der Waals surface area (Å²) in [5.74, 6) is -3.25. The second-order valence-electron chi connectivity index (χ2n) is 11.0. The molecule has 0 aromatic heterocycles. The van der Waals surface area contributed by atoms with Gasteiger partial charge in [0.15, 0.2) is 0 Å². The van der Waals surface area contributed by atoms with Crippen LogP contribution in [-0.2, 0) is 38.2 Å². The molecule has 5 N–H and O–H groups in total. The fourth-order valence-electron chi connectivity index (χ4n) is 5.48. The van der Waals surface area contributed by atoms with Gasteiger partial charge >= 0.3 is 18.0 Å². The van der Waals surface area contributed by atoms with Crippen molar-refractivity contribution in [1.82, 2.24) is 16.0 Å². The summed E-state index contributed by atoms with van der Waals surface area (Å²) in [7, 11) is 0. The van der Waals surface area contributed by atoms with Crippen LogP contribution in [0.15, 0.2) is 48.5 Å². The van der Waals surface area contributed by atoms with Crippen LogP contribution in [0.1, 0.15) is 55.6 Å². The Labute approximate surface area is 272 Å². The minimum atomic E-state index is -1.17. The molecule has 14 nitrogen and oxygen atoms in total. The number of benzene rings is 2. The molecule has 47 heavy (non-hydrogen) atoms. The molecule has 0 unspecified atom stereocenters. The van der Waals surface area contributed by atoms with E-state index in [9.17, 15) is 28.8 Å². The molecule has 0 saturated carbocycles. The molecule has 0 heterocycles. The van der Waals surface area contributed by atoms with Gasteiger partial charge < -0.3 is 45.2 Å². The lowest BCUT2D eigenvalue weighted by Gasteiger charge is -2.34. The summed E-state index contributed by atoms with van der Waals surface area (Å²) in [4.78, 5) is 71.2. The molecule has 0 saturated heterocycles. The molecule has 0 fully saturated rings. The number of carboxylic acids is 2. The molecule has 0 aliphatic heterocycles. The molecule has 0 radical (unpaired) electrons. The molecule has 0 bridgehead atoms. The van der Waals surface area contributed by atoms with E-state index in [2.05, 4.69) is 16.0 Å². The Morgan fingerprint density at radius 3 is 1.70 bits per heavy atom. The number of carboxylic acid groups (broad SMARTS) is 2. The SMILES string of the molecule is O=CCCC(CCC(=O)NCCOCC(=O)O)(CCC(=O)NCCOCC(=O)O)NC(=O)OCC1c2ccccc2-c2ccccc21. The van der Waals surface area contributed by atoms with E-state index in [1.54, 1.807) is 0 Å².